The van der Waals surface area contributed by atoms with Crippen LogP contribution in [-0.4, -0.2) is 13.7 Å². The third-order valence-electron chi connectivity index (χ3n) is 3.17. The minimum atomic E-state index is -4.38. The van der Waals surface area contributed by atoms with Crippen LogP contribution < -0.4 is 5.32 Å². The zero-order valence-electron chi connectivity index (χ0n) is 10.9. The molecule has 0 radical (unpaired) electrons. The lowest BCUT2D eigenvalue weighted by atomic mass is 10.0. The lowest BCUT2D eigenvalue weighted by Gasteiger charge is -2.24. The number of alkyl halides is 3. The molecule has 1 aliphatic heterocycles. The first kappa shape index (κ1) is 15.4. The Balaban J connectivity index is 2.38. The molecular weight excluding hydrogens is 335 g/mol. The molecule has 1 aromatic rings. The molecule has 1 unspecified atom stereocenters. The van der Waals surface area contributed by atoms with Gasteiger partial charge >= 0.3 is 6.18 Å². The van der Waals surface area contributed by atoms with Gasteiger partial charge in [-0.25, -0.2) is 0 Å². The van der Waals surface area contributed by atoms with E-state index in [1.54, 1.807) is 13.1 Å². The van der Waals surface area contributed by atoms with Crippen molar-refractivity contribution in [3.05, 3.63) is 45.6 Å². The Bertz CT molecular complexity index is 514. The summed E-state index contributed by atoms with van der Waals surface area (Å²) < 4.78 is 44.4. The van der Waals surface area contributed by atoms with Crippen LogP contribution in [0.4, 0.5) is 13.2 Å². The predicted molar refractivity (Wildman–Crippen MR) is 74.2 cm³/mol. The summed E-state index contributed by atoms with van der Waals surface area (Å²) in [6.45, 7) is 0.604. The molecule has 0 spiro atoms. The Morgan fingerprint density at radius 2 is 2.10 bits per heavy atom. The van der Waals surface area contributed by atoms with Gasteiger partial charge in [0, 0.05) is 4.47 Å². The third-order valence-corrected chi connectivity index (χ3v) is 3.86. The van der Waals surface area contributed by atoms with Gasteiger partial charge < -0.3 is 10.1 Å². The lowest BCUT2D eigenvalue weighted by molar-refractivity contribution is -0.138. The van der Waals surface area contributed by atoms with Crippen LogP contribution in [0.3, 0.4) is 0 Å². The number of hydrogen-bond acceptors (Lipinski definition) is 2. The molecule has 0 aliphatic carbocycles. The van der Waals surface area contributed by atoms with Crippen LogP contribution in [0.5, 0.6) is 0 Å². The molecule has 0 saturated heterocycles. The molecule has 0 saturated carbocycles. The van der Waals surface area contributed by atoms with E-state index in [1.807, 2.05) is 6.08 Å². The second-order valence-electron chi connectivity index (χ2n) is 4.56. The van der Waals surface area contributed by atoms with Gasteiger partial charge in [-0.1, -0.05) is 22.0 Å². The molecule has 110 valence electrons. The van der Waals surface area contributed by atoms with Gasteiger partial charge in [-0.2, -0.15) is 13.2 Å². The first-order chi connectivity index (χ1) is 9.43. The molecule has 1 atom stereocenters. The molecule has 1 heterocycles. The smallest absolute Gasteiger partial charge is 0.417 e. The zero-order valence-corrected chi connectivity index (χ0v) is 12.5. The van der Waals surface area contributed by atoms with E-state index in [0.717, 1.165) is 18.9 Å². The number of halogens is 4. The number of rotatable bonds is 3. The van der Waals surface area contributed by atoms with E-state index in [4.69, 9.17) is 4.74 Å². The molecule has 6 heteroatoms. The van der Waals surface area contributed by atoms with Gasteiger partial charge in [0.2, 0.25) is 0 Å². The maximum absolute atomic E-state index is 12.9. The van der Waals surface area contributed by atoms with Crippen molar-refractivity contribution >= 4 is 15.9 Å². The third kappa shape index (κ3) is 3.35. The number of nitrogens with one attached hydrogen (secondary N) is 1. The van der Waals surface area contributed by atoms with Gasteiger partial charge in [0.25, 0.3) is 0 Å². The topological polar surface area (TPSA) is 21.3 Å². The zero-order chi connectivity index (χ0) is 14.8. The van der Waals surface area contributed by atoms with Gasteiger partial charge in [-0.05, 0) is 43.7 Å². The molecule has 0 amide bonds. The standard InChI is InChI=1S/C14H15BrF3NO/c1-19-13(12-4-2-3-7-20-12)9-5-6-11(15)10(8-9)14(16,17)18/h4-6,8,13,19H,2-3,7H2,1H3. The molecule has 0 bridgehead atoms. The van der Waals surface area contributed by atoms with Crippen molar-refractivity contribution in [1.29, 1.82) is 0 Å². The first-order valence-corrected chi connectivity index (χ1v) is 7.09. The average molecular weight is 350 g/mol. The fraction of sp³-hybridized carbons (Fsp3) is 0.429. The van der Waals surface area contributed by atoms with E-state index in [2.05, 4.69) is 21.2 Å². The largest absolute Gasteiger partial charge is 0.496 e. The van der Waals surface area contributed by atoms with Gasteiger partial charge in [-0.3, -0.25) is 0 Å². The predicted octanol–water partition coefficient (Wildman–Crippen LogP) is 4.42. The SMILES string of the molecule is CNC(C1=CCCCO1)c1ccc(Br)c(C(F)(F)F)c1. The highest BCUT2D eigenvalue weighted by Gasteiger charge is 2.34. The van der Waals surface area contributed by atoms with E-state index in [9.17, 15) is 13.2 Å². The van der Waals surface area contributed by atoms with E-state index in [1.165, 1.54) is 6.07 Å². The summed E-state index contributed by atoms with van der Waals surface area (Å²) in [5.74, 6) is 0.689. The molecule has 0 fully saturated rings. The maximum Gasteiger partial charge on any atom is 0.417 e. The van der Waals surface area contributed by atoms with E-state index < -0.39 is 11.7 Å². The second-order valence-corrected chi connectivity index (χ2v) is 5.41. The minimum absolute atomic E-state index is 0.0437. The van der Waals surface area contributed by atoms with Crippen LogP contribution in [-0.2, 0) is 10.9 Å². The summed E-state index contributed by atoms with van der Waals surface area (Å²) >= 11 is 2.95. The summed E-state index contributed by atoms with van der Waals surface area (Å²) in [5, 5.41) is 3.01. The Labute approximate surface area is 124 Å². The maximum atomic E-state index is 12.9. The Morgan fingerprint density at radius 3 is 2.65 bits per heavy atom. The molecule has 1 N–H and O–H groups in total. The van der Waals surface area contributed by atoms with Gasteiger partial charge in [-0.15, -0.1) is 0 Å². The molecule has 1 aliphatic rings. The van der Waals surface area contributed by atoms with Crippen molar-refractivity contribution < 1.29 is 17.9 Å². The molecular formula is C14H15BrF3NO. The van der Waals surface area contributed by atoms with Gasteiger partial charge in [0.05, 0.1) is 18.2 Å². The van der Waals surface area contributed by atoms with Crippen molar-refractivity contribution in [1.82, 2.24) is 5.32 Å². The first-order valence-electron chi connectivity index (χ1n) is 6.30. The van der Waals surface area contributed by atoms with Crippen molar-refractivity contribution in [2.45, 2.75) is 25.1 Å². The normalized spacial score (nSPS) is 17.4. The second kappa shape index (κ2) is 6.18. The van der Waals surface area contributed by atoms with Crippen LogP contribution in [0.15, 0.2) is 34.5 Å². The Kier molecular flexibility index (Phi) is 4.75. The fourth-order valence-corrected chi connectivity index (χ4v) is 2.66. The lowest BCUT2D eigenvalue weighted by Crippen LogP contribution is -2.22. The summed E-state index contributed by atoms with van der Waals surface area (Å²) in [6, 6.07) is 3.89. The number of hydrogen-bond donors (Lipinski definition) is 1. The monoisotopic (exact) mass is 349 g/mol. The summed E-state index contributed by atoms with van der Waals surface area (Å²) in [5.41, 5.74) is -0.136. The molecule has 1 aromatic carbocycles. The minimum Gasteiger partial charge on any atom is -0.496 e. The van der Waals surface area contributed by atoms with Crippen LogP contribution >= 0.6 is 15.9 Å². The number of ether oxygens (including phenoxy) is 1. The summed E-state index contributed by atoms with van der Waals surface area (Å²) in [7, 11) is 1.71. The highest BCUT2D eigenvalue weighted by atomic mass is 79.9. The van der Waals surface area contributed by atoms with Crippen LogP contribution in [0.2, 0.25) is 0 Å². The average Bonchev–Trinajstić information content (AvgIpc) is 2.41. The quantitative estimate of drug-likeness (QED) is 0.871. The highest BCUT2D eigenvalue weighted by molar-refractivity contribution is 9.10. The Morgan fingerprint density at radius 1 is 1.35 bits per heavy atom. The highest BCUT2D eigenvalue weighted by Crippen LogP contribution is 2.37. The summed E-state index contributed by atoms with van der Waals surface area (Å²) in [6.07, 6.45) is -0.626. The Hall–Kier alpha value is -1.01. The summed E-state index contributed by atoms with van der Waals surface area (Å²) in [4.78, 5) is 0. The van der Waals surface area contributed by atoms with Crippen molar-refractivity contribution in [2.24, 2.45) is 0 Å². The molecule has 2 rings (SSSR count). The van der Waals surface area contributed by atoms with Crippen LogP contribution in [0.25, 0.3) is 0 Å². The number of benzene rings is 1. The van der Waals surface area contributed by atoms with Crippen LogP contribution in [0, 0.1) is 0 Å². The molecule has 2 nitrogen and oxygen atoms in total. The number of allylic oxidation sites excluding steroid dienone is 1. The molecule has 20 heavy (non-hydrogen) atoms. The van der Waals surface area contributed by atoms with Crippen LogP contribution in [0.1, 0.15) is 30.0 Å². The van der Waals surface area contributed by atoms with Gasteiger partial charge in [0.1, 0.15) is 5.76 Å². The van der Waals surface area contributed by atoms with Crippen molar-refractivity contribution in [3.8, 4) is 0 Å². The van der Waals surface area contributed by atoms with E-state index in [-0.39, 0.29) is 10.5 Å². The van der Waals surface area contributed by atoms with Crippen molar-refractivity contribution in [3.63, 3.8) is 0 Å². The van der Waals surface area contributed by atoms with Crippen molar-refractivity contribution in [2.75, 3.05) is 13.7 Å². The number of likely N-dealkylation sites (N-methyl/N-ethyl adjacent to an activating group) is 1. The molecule has 0 aromatic heterocycles. The van der Waals surface area contributed by atoms with Gasteiger partial charge in [0.15, 0.2) is 0 Å². The van der Waals surface area contributed by atoms with E-state index in [0.29, 0.717) is 17.9 Å². The van der Waals surface area contributed by atoms with E-state index >= 15 is 0 Å². The fourth-order valence-electron chi connectivity index (χ4n) is 2.19.